The van der Waals surface area contributed by atoms with E-state index in [-0.39, 0.29) is 17.8 Å². The molecule has 7 heteroatoms. The quantitative estimate of drug-likeness (QED) is 0.444. The number of hydrogen-bond acceptors (Lipinski definition) is 4. The highest BCUT2D eigenvalue weighted by molar-refractivity contribution is 5.76. The Labute approximate surface area is 193 Å². The number of aryl methyl sites for hydroxylation is 1. The van der Waals surface area contributed by atoms with Gasteiger partial charge >= 0.3 is 0 Å². The molecule has 174 valence electrons. The van der Waals surface area contributed by atoms with Crippen LogP contribution in [0.4, 0.5) is 4.39 Å². The van der Waals surface area contributed by atoms with Gasteiger partial charge in [-0.3, -0.25) is 4.79 Å². The zero-order valence-electron chi connectivity index (χ0n) is 19.2. The van der Waals surface area contributed by atoms with Gasteiger partial charge in [0.25, 0.3) is 0 Å². The van der Waals surface area contributed by atoms with Crippen LogP contribution >= 0.6 is 0 Å². The first-order valence-electron chi connectivity index (χ1n) is 11.6. The molecule has 0 aliphatic carbocycles. The maximum atomic E-state index is 14.5. The molecule has 0 saturated carbocycles. The van der Waals surface area contributed by atoms with Gasteiger partial charge in [-0.05, 0) is 43.5 Å². The van der Waals surface area contributed by atoms with Crippen LogP contribution < -0.4 is 4.74 Å². The maximum Gasteiger partial charge on any atom is 0.228 e. The van der Waals surface area contributed by atoms with E-state index >= 15 is 0 Å². The molecular weight excluding hydrogens is 421 g/mol. The molecule has 2 heterocycles. The third-order valence-corrected chi connectivity index (χ3v) is 5.85. The van der Waals surface area contributed by atoms with E-state index in [0.717, 1.165) is 36.4 Å². The summed E-state index contributed by atoms with van der Waals surface area (Å²) in [5, 5.41) is 4.79. The third kappa shape index (κ3) is 5.25. The SMILES string of the molecule is CCC(=O)N(Cc1c(CC)nn(-c2ccccc2)c1Oc1ccccc1F)C[C@@H]1CCCO1. The number of nitrogens with zero attached hydrogens (tertiary/aromatic N) is 3. The van der Waals surface area contributed by atoms with Crippen molar-refractivity contribution in [2.45, 2.75) is 52.2 Å². The zero-order valence-corrected chi connectivity index (χ0v) is 19.2. The Kier molecular flexibility index (Phi) is 7.40. The largest absolute Gasteiger partial charge is 0.435 e. The number of carbonyl (C=O) groups excluding carboxylic acids is 1. The van der Waals surface area contributed by atoms with Gasteiger partial charge in [0.2, 0.25) is 11.8 Å². The van der Waals surface area contributed by atoms with Gasteiger partial charge in [-0.25, -0.2) is 9.07 Å². The summed E-state index contributed by atoms with van der Waals surface area (Å²) >= 11 is 0. The second-order valence-corrected chi connectivity index (χ2v) is 8.13. The van der Waals surface area contributed by atoms with Crippen LogP contribution in [0.5, 0.6) is 11.6 Å². The monoisotopic (exact) mass is 451 g/mol. The number of aromatic nitrogens is 2. The van der Waals surface area contributed by atoms with Crippen molar-refractivity contribution in [2.75, 3.05) is 13.2 Å². The first kappa shape index (κ1) is 23.0. The summed E-state index contributed by atoms with van der Waals surface area (Å²) in [7, 11) is 0. The molecule has 0 bridgehead atoms. The van der Waals surface area contributed by atoms with Gasteiger partial charge < -0.3 is 14.4 Å². The highest BCUT2D eigenvalue weighted by Crippen LogP contribution is 2.33. The summed E-state index contributed by atoms with van der Waals surface area (Å²) in [6.45, 7) is 5.44. The molecule has 33 heavy (non-hydrogen) atoms. The fourth-order valence-corrected chi connectivity index (χ4v) is 4.10. The Hall–Kier alpha value is -3.19. The molecule has 3 aromatic rings. The number of para-hydroxylation sites is 2. The van der Waals surface area contributed by atoms with Crippen LogP contribution in [0.2, 0.25) is 0 Å². The molecule has 1 amide bonds. The Morgan fingerprint density at radius 3 is 2.61 bits per heavy atom. The molecule has 4 rings (SSSR count). The van der Waals surface area contributed by atoms with Crippen molar-refractivity contribution in [1.82, 2.24) is 14.7 Å². The highest BCUT2D eigenvalue weighted by Gasteiger charge is 2.27. The van der Waals surface area contributed by atoms with E-state index in [4.69, 9.17) is 14.6 Å². The Balaban J connectivity index is 1.77. The lowest BCUT2D eigenvalue weighted by molar-refractivity contribution is -0.133. The van der Waals surface area contributed by atoms with Crippen LogP contribution in [0.25, 0.3) is 5.69 Å². The topological polar surface area (TPSA) is 56.6 Å². The Morgan fingerprint density at radius 2 is 1.94 bits per heavy atom. The van der Waals surface area contributed by atoms with E-state index in [1.807, 2.05) is 49.1 Å². The van der Waals surface area contributed by atoms with Crippen molar-refractivity contribution >= 4 is 5.91 Å². The van der Waals surface area contributed by atoms with Gasteiger partial charge in [-0.15, -0.1) is 0 Å². The molecule has 1 atom stereocenters. The van der Waals surface area contributed by atoms with Crippen LogP contribution in [0.3, 0.4) is 0 Å². The summed E-state index contributed by atoms with van der Waals surface area (Å²) in [5.74, 6) is 0.121. The summed E-state index contributed by atoms with van der Waals surface area (Å²) in [5.41, 5.74) is 2.40. The van der Waals surface area contributed by atoms with Crippen molar-refractivity contribution in [2.24, 2.45) is 0 Å². The molecule has 0 spiro atoms. The zero-order chi connectivity index (χ0) is 23.2. The highest BCUT2D eigenvalue weighted by atomic mass is 19.1. The molecule has 0 radical (unpaired) electrons. The second-order valence-electron chi connectivity index (χ2n) is 8.13. The standard InChI is InChI=1S/C26H30FN3O3/c1-3-23-21(18-29(25(31)4-2)17-20-13-10-16-32-20)26(33-24-15-9-8-14-22(24)27)30(28-23)19-11-6-5-7-12-19/h5-9,11-12,14-15,20H,3-4,10,13,16-18H2,1-2H3/t20-/m0/s1. The maximum absolute atomic E-state index is 14.5. The molecule has 1 aromatic heterocycles. The Morgan fingerprint density at radius 1 is 1.18 bits per heavy atom. The summed E-state index contributed by atoms with van der Waals surface area (Å²) in [4.78, 5) is 14.7. The fourth-order valence-electron chi connectivity index (χ4n) is 4.10. The minimum Gasteiger partial charge on any atom is -0.435 e. The van der Waals surface area contributed by atoms with Crippen molar-refractivity contribution in [3.8, 4) is 17.3 Å². The predicted molar refractivity (Wildman–Crippen MR) is 124 cm³/mol. The normalized spacial score (nSPS) is 15.5. The minimum atomic E-state index is -0.455. The van der Waals surface area contributed by atoms with E-state index in [1.54, 1.807) is 22.9 Å². The van der Waals surface area contributed by atoms with E-state index in [0.29, 0.717) is 31.8 Å². The number of benzene rings is 2. The van der Waals surface area contributed by atoms with E-state index in [2.05, 4.69) is 0 Å². The molecular formula is C26H30FN3O3. The lowest BCUT2D eigenvalue weighted by atomic mass is 10.1. The number of ether oxygens (including phenoxy) is 2. The average Bonchev–Trinajstić information content (AvgIpc) is 3.48. The summed E-state index contributed by atoms with van der Waals surface area (Å²) in [6, 6.07) is 15.9. The van der Waals surface area contributed by atoms with Crippen LogP contribution in [0.1, 0.15) is 44.4 Å². The van der Waals surface area contributed by atoms with E-state index < -0.39 is 5.82 Å². The molecule has 1 saturated heterocycles. The lowest BCUT2D eigenvalue weighted by Gasteiger charge is -2.25. The van der Waals surface area contributed by atoms with Crippen molar-refractivity contribution in [3.63, 3.8) is 0 Å². The van der Waals surface area contributed by atoms with Crippen molar-refractivity contribution < 1.29 is 18.7 Å². The van der Waals surface area contributed by atoms with Gasteiger partial charge in [-0.1, -0.05) is 44.2 Å². The first-order chi connectivity index (χ1) is 16.1. The number of amides is 1. The van der Waals surface area contributed by atoms with Gasteiger partial charge in [0, 0.05) is 19.6 Å². The average molecular weight is 452 g/mol. The number of halogens is 1. The fraction of sp³-hybridized carbons (Fsp3) is 0.385. The molecule has 2 aromatic carbocycles. The Bertz CT molecular complexity index is 1080. The van der Waals surface area contributed by atoms with Crippen LogP contribution in [-0.2, 0) is 22.5 Å². The minimum absolute atomic E-state index is 0.0330. The molecule has 0 N–H and O–H groups in total. The first-order valence-corrected chi connectivity index (χ1v) is 11.6. The van der Waals surface area contributed by atoms with Crippen LogP contribution in [0.15, 0.2) is 54.6 Å². The third-order valence-electron chi connectivity index (χ3n) is 5.85. The predicted octanol–water partition coefficient (Wildman–Crippen LogP) is 5.28. The molecule has 1 aliphatic heterocycles. The van der Waals surface area contributed by atoms with Gasteiger partial charge in [0.1, 0.15) is 0 Å². The van der Waals surface area contributed by atoms with Crippen LogP contribution in [-0.4, -0.2) is 39.8 Å². The molecule has 0 unspecified atom stereocenters. The van der Waals surface area contributed by atoms with Crippen molar-refractivity contribution in [1.29, 1.82) is 0 Å². The van der Waals surface area contributed by atoms with Gasteiger partial charge in [-0.2, -0.15) is 5.10 Å². The summed E-state index contributed by atoms with van der Waals surface area (Å²) < 4.78 is 28.1. The van der Waals surface area contributed by atoms with Gasteiger partial charge in [0.15, 0.2) is 11.6 Å². The van der Waals surface area contributed by atoms with Gasteiger partial charge in [0.05, 0.1) is 29.6 Å². The van der Waals surface area contributed by atoms with E-state index in [9.17, 15) is 9.18 Å². The molecule has 1 aliphatic rings. The smallest absolute Gasteiger partial charge is 0.228 e. The summed E-state index contributed by atoms with van der Waals surface area (Å²) in [6.07, 6.45) is 3.02. The number of hydrogen-bond donors (Lipinski definition) is 0. The number of rotatable bonds is 9. The van der Waals surface area contributed by atoms with Crippen molar-refractivity contribution in [3.05, 3.63) is 71.7 Å². The molecule has 6 nitrogen and oxygen atoms in total. The van der Waals surface area contributed by atoms with Crippen LogP contribution in [0, 0.1) is 5.82 Å². The number of carbonyl (C=O) groups is 1. The lowest BCUT2D eigenvalue weighted by Crippen LogP contribution is -2.36. The van der Waals surface area contributed by atoms with E-state index in [1.165, 1.54) is 6.07 Å². The second kappa shape index (κ2) is 10.6. The molecule has 1 fully saturated rings.